The average Bonchev–Trinajstić information content (AvgIpc) is 2.65. The Morgan fingerprint density at radius 3 is 2.73 bits per heavy atom. The molecular weight excluding hydrogens is 186 g/mol. The van der Waals surface area contributed by atoms with Crippen LogP contribution in [-0.4, -0.2) is 16.3 Å². The monoisotopic (exact) mass is 209 g/mol. The molecule has 1 heterocycles. The van der Waals surface area contributed by atoms with Gasteiger partial charge in [-0.1, -0.05) is 20.8 Å². The number of nitrogens with one attached hydrogen (secondary N) is 1. The standard InChI is InChI=1S/C12H23N3/c1-5-11(4)15-9-7-12(14-15)13-8-6-10(2)3/h7,9-11H,5-6,8H2,1-4H3,(H,13,14). The van der Waals surface area contributed by atoms with E-state index in [1.165, 1.54) is 6.42 Å². The Bertz CT molecular complexity index is 278. The van der Waals surface area contributed by atoms with Crippen LogP contribution in [0.3, 0.4) is 0 Å². The summed E-state index contributed by atoms with van der Waals surface area (Å²) in [5.41, 5.74) is 0. The maximum atomic E-state index is 4.48. The fourth-order valence-corrected chi connectivity index (χ4v) is 1.35. The van der Waals surface area contributed by atoms with E-state index in [1.54, 1.807) is 0 Å². The van der Waals surface area contributed by atoms with Crippen molar-refractivity contribution in [3.8, 4) is 0 Å². The van der Waals surface area contributed by atoms with Crippen LogP contribution in [0.4, 0.5) is 5.82 Å². The summed E-state index contributed by atoms with van der Waals surface area (Å²) in [6.45, 7) is 9.84. The molecule has 0 bridgehead atoms. The van der Waals surface area contributed by atoms with E-state index in [4.69, 9.17) is 0 Å². The molecule has 1 atom stereocenters. The third kappa shape index (κ3) is 3.94. The highest BCUT2D eigenvalue weighted by molar-refractivity contribution is 5.31. The fraction of sp³-hybridized carbons (Fsp3) is 0.750. The molecule has 1 rings (SSSR count). The first kappa shape index (κ1) is 12.1. The molecule has 0 saturated carbocycles. The third-order valence-electron chi connectivity index (χ3n) is 2.68. The molecule has 0 aliphatic carbocycles. The van der Waals surface area contributed by atoms with Gasteiger partial charge in [-0.2, -0.15) is 5.10 Å². The summed E-state index contributed by atoms with van der Waals surface area (Å²) in [7, 11) is 0. The first-order valence-corrected chi connectivity index (χ1v) is 5.92. The summed E-state index contributed by atoms with van der Waals surface area (Å²) >= 11 is 0. The predicted octanol–water partition coefficient (Wildman–Crippen LogP) is 3.31. The molecule has 1 N–H and O–H groups in total. The van der Waals surface area contributed by atoms with Crippen LogP contribution in [0.2, 0.25) is 0 Å². The molecule has 86 valence electrons. The quantitative estimate of drug-likeness (QED) is 0.779. The second-order valence-electron chi connectivity index (χ2n) is 4.55. The fourth-order valence-electron chi connectivity index (χ4n) is 1.35. The van der Waals surface area contributed by atoms with Crippen LogP contribution < -0.4 is 5.32 Å². The molecule has 3 nitrogen and oxygen atoms in total. The van der Waals surface area contributed by atoms with Crippen molar-refractivity contribution in [1.82, 2.24) is 9.78 Å². The van der Waals surface area contributed by atoms with Gasteiger partial charge in [-0.3, -0.25) is 4.68 Å². The van der Waals surface area contributed by atoms with Crippen LogP contribution in [0.15, 0.2) is 12.3 Å². The summed E-state index contributed by atoms with van der Waals surface area (Å²) in [5.74, 6) is 1.74. The Morgan fingerprint density at radius 1 is 1.40 bits per heavy atom. The topological polar surface area (TPSA) is 29.9 Å². The van der Waals surface area contributed by atoms with Crippen LogP contribution in [0.1, 0.15) is 46.6 Å². The van der Waals surface area contributed by atoms with Crippen molar-refractivity contribution in [1.29, 1.82) is 0 Å². The van der Waals surface area contributed by atoms with Gasteiger partial charge in [0.1, 0.15) is 5.82 Å². The summed E-state index contributed by atoms with van der Waals surface area (Å²) in [6, 6.07) is 2.54. The van der Waals surface area contributed by atoms with E-state index >= 15 is 0 Å². The van der Waals surface area contributed by atoms with Gasteiger partial charge in [0.2, 0.25) is 0 Å². The molecule has 0 aliphatic rings. The van der Waals surface area contributed by atoms with Crippen LogP contribution in [0, 0.1) is 5.92 Å². The van der Waals surface area contributed by atoms with Crippen molar-refractivity contribution < 1.29 is 0 Å². The lowest BCUT2D eigenvalue weighted by atomic mass is 10.1. The predicted molar refractivity (Wildman–Crippen MR) is 65.2 cm³/mol. The highest BCUT2D eigenvalue weighted by Gasteiger charge is 2.03. The molecule has 0 aliphatic heterocycles. The molecule has 0 aromatic carbocycles. The van der Waals surface area contributed by atoms with E-state index in [0.29, 0.717) is 6.04 Å². The molecule has 0 radical (unpaired) electrons. The molecule has 0 fully saturated rings. The normalized spacial score (nSPS) is 13.1. The Morgan fingerprint density at radius 2 is 2.13 bits per heavy atom. The first-order valence-electron chi connectivity index (χ1n) is 5.92. The van der Waals surface area contributed by atoms with Crippen LogP contribution in [0.5, 0.6) is 0 Å². The second kappa shape index (κ2) is 5.79. The number of nitrogens with zero attached hydrogens (tertiary/aromatic N) is 2. The maximum Gasteiger partial charge on any atom is 0.147 e. The Balaban J connectivity index is 2.39. The van der Waals surface area contributed by atoms with Gasteiger partial charge in [-0.05, 0) is 25.7 Å². The molecule has 0 amide bonds. The van der Waals surface area contributed by atoms with Gasteiger partial charge < -0.3 is 5.32 Å². The summed E-state index contributed by atoms with van der Waals surface area (Å²) in [5, 5.41) is 7.83. The zero-order valence-electron chi connectivity index (χ0n) is 10.3. The summed E-state index contributed by atoms with van der Waals surface area (Å²) < 4.78 is 2.03. The molecule has 1 aromatic rings. The number of anilines is 1. The zero-order valence-corrected chi connectivity index (χ0v) is 10.3. The van der Waals surface area contributed by atoms with E-state index < -0.39 is 0 Å². The van der Waals surface area contributed by atoms with Gasteiger partial charge in [-0.25, -0.2) is 0 Å². The molecular formula is C12H23N3. The SMILES string of the molecule is CCC(C)n1ccc(NCCC(C)C)n1. The van der Waals surface area contributed by atoms with Crippen molar-refractivity contribution in [2.75, 3.05) is 11.9 Å². The number of hydrogen-bond donors (Lipinski definition) is 1. The highest BCUT2D eigenvalue weighted by Crippen LogP contribution is 2.12. The van der Waals surface area contributed by atoms with E-state index in [0.717, 1.165) is 24.7 Å². The van der Waals surface area contributed by atoms with E-state index in [9.17, 15) is 0 Å². The molecule has 0 spiro atoms. The van der Waals surface area contributed by atoms with Gasteiger partial charge in [0, 0.05) is 24.8 Å². The van der Waals surface area contributed by atoms with E-state index in [2.05, 4.69) is 38.1 Å². The Labute approximate surface area is 92.9 Å². The molecule has 3 heteroatoms. The maximum absolute atomic E-state index is 4.48. The lowest BCUT2D eigenvalue weighted by Gasteiger charge is -2.09. The van der Waals surface area contributed by atoms with Gasteiger partial charge in [-0.15, -0.1) is 0 Å². The average molecular weight is 209 g/mol. The van der Waals surface area contributed by atoms with Crippen molar-refractivity contribution in [2.45, 2.75) is 46.6 Å². The minimum atomic E-state index is 0.491. The van der Waals surface area contributed by atoms with Crippen molar-refractivity contribution in [2.24, 2.45) is 5.92 Å². The first-order chi connectivity index (χ1) is 7.13. The smallest absolute Gasteiger partial charge is 0.147 e. The van der Waals surface area contributed by atoms with Crippen LogP contribution in [-0.2, 0) is 0 Å². The van der Waals surface area contributed by atoms with Gasteiger partial charge in [0.05, 0.1) is 0 Å². The van der Waals surface area contributed by atoms with E-state index in [1.807, 2.05) is 16.9 Å². The minimum absolute atomic E-state index is 0.491. The lowest BCUT2D eigenvalue weighted by molar-refractivity contribution is 0.479. The zero-order chi connectivity index (χ0) is 11.3. The second-order valence-corrected chi connectivity index (χ2v) is 4.55. The third-order valence-corrected chi connectivity index (χ3v) is 2.68. The number of hydrogen-bond acceptors (Lipinski definition) is 2. The van der Waals surface area contributed by atoms with Crippen LogP contribution >= 0.6 is 0 Å². The summed E-state index contributed by atoms with van der Waals surface area (Å²) in [6.07, 6.45) is 4.36. The molecule has 1 unspecified atom stereocenters. The van der Waals surface area contributed by atoms with Crippen molar-refractivity contribution in [3.05, 3.63) is 12.3 Å². The lowest BCUT2D eigenvalue weighted by Crippen LogP contribution is -2.08. The number of rotatable bonds is 6. The van der Waals surface area contributed by atoms with E-state index in [-0.39, 0.29) is 0 Å². The minimum Gasteiger partial charge on any atom is -0.369 e. The largest absolute Gasteiger partial charge is 0.369 e. The molecule has 0 saturated heterocycles. The summed E-state index contributed by atoms with van der Waals surface area (Å²) in [4.78, 5) is 0. The molecule has 1 aromatic heterocycles. The van der Waals surface area contributed by atoms with Gasteiger partial charge in [0.15, 0.2) is 0 Å². The van der Waals surface area contributed by atoms with Gasteiger partial charge in [0.25, 0.3) is 0 Å². The number of aromatic nitrogens is 2. The van der Waals surface area contributed by atoms with Crippen LogP contribution in [0.25, 0.3) is 0 Å². The van der Waals surface area contributed by atoms with Crippen molar-refractivity contribution >= 4 is 5.82 Å². The molecule has 15 heavy (non-hydrogen) atoms. The van der Waals surface area contributed by atoms with Crippen molar-refractivity contribution in [3.63, 3.8) is 0 Å². The van der Waals surface area contributed by atoms with Gasteiger partial charge >= 0.3 is 0 Å². The Hall–Kier alpha value is -0.990. The highest BCUT2D eigenvalue weighted by atomic mass is 15.3. The Kier molecular flexibility index (Phi) is 4.66.